The van der Waals surface area contributed by atoms with E-state index in [0.717, 1.165) is 0 Å². The van der Waals surface area contributed by atoms with Gasteiger partial charge < -0.3 is 9.29 Å². The molecule has 0 amide bonds. The van der Waals surface area contributed by atoms with Crippen LogP contribution < -0.4 is 51.4 Å². The van der Waals surface area contributed by atoms with E-state index in [4.69, 9.17) is 0 Å². The summed E-state index contributed by atoms with van der Waals surface area (Å²) < 4.78 is 168. The molecule has 0 aliphatic carbocycles. The van der Waals surface area contributed by atoms with Crippen molar-refractivity contribution in [3.63, 3.8) is 0 Å². The molecule has 0 spiro atoms. The normalized spacial score (nSPS) is 14.0. The first-order chi connectivity index (χ1) is 9.78. The minimum atomic E-state index is -7.40. The molecule has 0 aliphatic heterocycles. The average molecular weight is 432 g/mol. The first kappa shape index (κ1) is 26.5. The van der Waals surface area contributed by atoms with Crippen molar-refractivity contribution >= 4 is 10.1 Å². The molecule has 0 aromatic carbocycles. The predicted molar refractivity (Wildman–Crippen MR) is 42.0 cm³/mol. The van der Waals surface area contributed by atoms with E-state index in [2.05, 4.69) is 0 Å². The molecule has 5 nitrogen and oxygen atoms in total. The zero-order chi connectivity index (χ0) is 19.1. The molecule has 0 aliphatic rings. The SMILES string of the molecule is O=S(=O)([O-])C(F)(F)C(F)(F)OC(F)(F)C(F)(F)OC(F)=C(F)F.[K+]. The summed E-state index contributed by atoms with van der Waals surface area (Å²) in [5, 5.41) is -6.97. The van der Waals surface area contributed by atoms with E-state index in [-0.39, 0.29) is 51.4 Å². The number of halogens is 11. The van der Waals surface area contributed by atoms with Gasteiger partial charge in [0.15, 0.2) is 10.1 Å². The molecule has 0 aromatic rings. The van der Waals surface area contributed by atoms with Gasteiger partial charge in [-0.15, -0.1) is 0 Å². The van der Waals surface area contributed by atoms with Crippen LogP contribution in [0.2, 0.25) is 0 Å². The van der Waals surface area contributed by atoms with Crippen LogP contribution in [-0.2, 0) is 19.6 Å². The molecule has 0 radical (unpaired) electrons. The second-order valence-corrected chi connectivity index (χ2v) is 4.68. The van der Waals surface area contributed by atoms with Crippen LogP contribution in [0.1, 0.15) is 0 Å². The van der Waals surface area contributed by atoms with Crippen molar-refractivity contribution in [2.75, 3.05) is 0 Å². The van der Waals surface area contributed by atoms with Crippen LogP contribution >= 0.6 is 0 Å². The molecule has 0 atom stereocenters. The molecule has 0 saturated heterocycles. The van der Waals surface area contributed by atoms with Gasteiger partial charge in [-0.2, -0.15) is 48.3 Å². The largest absolute Gasteiger partial charge is 1.00 e. The van der Waals surface area contributed by atoms with Crippen molar-refractivity contribution in [3.8, 4) is 0 Å². The molecule has 18 heteroatoms. The van der Waals surface area contributed by atoms with Crippen molar-refractivity contribution < 1.29 is 122 Å². The predicted octanol–water partition coefficient (Wildman–Crippen LogP) is -0.0249. The Hall–Kier alpha value is 0.276. The van der Waals surface area contributed by atoms with Crippen LogP contribution in [0.3, 0.4) is 0 Å². The van der Waals surface area contributed by atoms with Gasteiger partial charge >= 0.3 is 87.1 Å². The van der Waals surface area contributed by atoms with Crippen molar-refractivity contribution in [1.29, 1.82) is 0 Å². The number of hydrogen-bond acceptors (Lipinski definition) is 5. The molecule has 0 rings (SSSR count). The monoisotopic (exact) mass is 432 g/mol. The van der Waals surface area contributed by atoms with E-state index in [0.29, 0.717) is 0 Å². The van der Waals surface area contributed by atoms with Gasteiger partial charge in [-0.05, 0) is 0 Å². The second kappa shape index (κ2) is 7.88. The maximum Gasteiger partial charge on any atom is 1.00 e. The Labute approximate surface area is 166 Å². The Balaban J connectivity index is 0. The molecule has 0 N–H and O–H groups in total. The van der Waals surface area contributed by atoms with Gasteiger partial charge in [-0.25, -0.2) is 13.2 Å². The van der Waals surface area contributed by atoms with Crippen LogP contribution in [0.25, 0.3) is 0 Å². The minimum absolute atomic E-state index is 0. The van der Waals surface area contributed by atoms with Crippen LogP contribution in [0.4, 0.5) is 48.3 Å². The quantitative estimate of drug-likeness (QED) is 0.245. The van der Waals surface area contributed by atoms with Gasteiger partial charge in [0.2, 0.25) is 0 Å². The average Bonchev–Trinajstić information content (AvgIpc) is 2.24. The summed E-state index contributed by atoms with van der Waals surface area (Å²) in [5.74, 6) is 0. The first-order valence-corrected chi connectivity index (χ1v) is 5.76. The number of rotatable bonds is 7. The summed E-state index contributed by atoms with van der Waals surface area (Å²) in [6.07, 6.45) is -24.5. The van der Waals surface area contributed by atoms with Gasteiger partial charge in [0.05, 0.1) is 0 Å². The second-order valence-electron chi connectivity index (χ2n) is 3.26. The van der Waals surface area contributed by atoms with E-state index in [1.165, 1.54) is 0 Å². The molecule has 0 unspecified atom stereocenters. The third-order valence-corrected chi connectivity index (χ3v) is 2.48. The number of alkyl halides is 8. The van der Waals surface area contributed by atoms with E-state index in [1.807, 2.05) is 4.74 Å². The topological polar surface area (TPSA) is 75.7 Å². The molecule has 24 heavy (non-hydrogen) atoms. The Bertz CT molecular complexity index is 584. The summed E-state index contributed by atoms with van der Waals surface area (Å²) in [6, 6.07) is -3.70. The van der Waals surface area contributed by atoms with Crippen LogP contribution in [0.5, 0.6) is 0 Å². The first-order valence-electron chi connectivity index (χ1n) is 4.35. The maximum atomic E-state index is 12.6. The van der Waals surface area contributed by atoms with E-state index >= 15 is 0 Å². The van der Waals surface area contributed by atoms with Crippen LogP contribution in [0, 0.1) is 0 Å². The van der Waals surface area contributed by atoms with E-state index in [9.17, 15) is 61.3 Å². The third-order valence-electron chi connectivity index (χ3n) is 1.61. The Morgan fingerprint density at radius 3 is 1.46 bits per heavy atom. The van der Waals surface area contributed by atoms with Gasteiger partial charge in [-0.3, -0.25) is 0 Å². The molecular weight excluding hydrogens is 432 g/mol. The maximum absolute atomic E-state index is 12.6. The Kier molecular flexibility index (Phi) is 8.71. The molecule has 0 fully saturated rings. The number of ether oxygens (including phenoxy) is 2. The summed E-state index contributed by atoms with van der Waals surface area (Å²) >= 11 is 0. The van der Waals surface area contributed by atoms with Crippen LogP contribution in [0.15, 0.2) is 12.1 Å². The van der Waals surface area contributed by atoms with Crippen LogP contribution in [-0.4, -0.2) is 36.6 Å². The Morgan fingerprint density at radius 1 is 0.792 bits per heavy atom. The van der Waals surface area contributed by atoms with E-state index in [1.54, 1.807) is 4.74 Å². The molecule has 0 heterocycles. The zero-order valence-electron chi connectivity index (χ0n) is 10.6. The van der Waals surface area contributed by atoms with Crippen molar-refractivity contribution in [1.82, 2.24) is 0 Å². The fourth-order valence-electron chi connectivity index (χ4n) is 0.636. The smallest absolute Gasteiger partial charge is 0.743 e. The Morgan fingerprint density at radius 2 is 1.17 bits per heavy atom. The summed E-state index contributed by atoms with van der Waals surface area (Å²) in [5.41, 5.74) is 0. The molecule has 0 saturated carbocycles. The van der Waals surface area contributed by atoms with Crippen molar-refractivity contribution in [2.24, 2.45) is 0 Å². The van der Waals surface area contributed by atoms with Crippen molar-refractivity contribution in [2.45, 2.75) is 23.6 Å². The zero-order valence-corrected chi connectivity index (χ0v) is 14.5. The van der Waals surface area contributed by atoms with Gasteiger partial charge in [-0.1, -0.05) is 0 Å². The number of hydrogen-bond donors (Lipinski definition) is 0. The van der Waals surface area contributed by atoms with Gasteiger partial charge in [0, 0.05) is 0 Å². The van der Waals surface area contributed by atoms with Gasteiger partial charge in [0.1, 0.15) is 0 Å². The fourth-order valence-corrected chi connectivity index (χ4v) is 0.969. The summed E-state index contributed by atoms with van der Waals surface area (Å²) in [4.78, 5) is 0. The summed E-state index contributed by atoms with van der Waals surface area (Å²) in [7, 11) is -7.40. The molecular formula is C6F11KO5S. The van der Waals surface area contributed by atoms with Crippen molar-refractivity contribution in [3.05, 3.63) is 12.1 Å². The van der Waals surface area contributed by atoms with Gasteiger partial charge in [0.25, 0.3) is 0 Å². The minimum Gasteiger partial charge on any atom is -0.743 e. The molecule has 0 aromatic heterocycles. The molecule has 138 valence electrons. The third kappa shape index (κ3) is 5.64. The van der Waals surface area contributed by atoms with E-state index < -0.39 is 45.8 Å². The summed E-state index contributed by atoms with van der Waals surface area (Å²) in [6.45, 7) is 0. The standard InChI is InChI=1S/C6HF11O5S.K/c7-1(8)2(9)21-3(10,11)4(12,13)22-5(14,15)6(16,17)23(18,19)20;/h(H,18,19,20);/q;+1/p-1. The fraction of sp³-hybridized carbons (Fsp3) is 0.667. The molecule has 0 bridgehead atoms.